The maximum atomic E-state index is 13.7. The maximum Gasteiger partial charge on any atom is 0.191 e. The molecule has 5 heteroatoms. The number of ketones is 1. The molecule has 3 nitrogen and oxygen atoms in total. The third-order valence-corrected chi connectivity index (χ3v) is 4.22. The van der Waals surface area contributed by atoms with Gasteiger partial charge in [-0.15, -0.1) is 0 Å². The van der Waals surface area contributed by atoms with Crippen molar-refractivity contribution in [3.8, 4) is 0 Å². The van der Waals surface area contributed by atoms with Crippen LogP contribution in [0, 0.1) is 25.5 Å². The van der Waals surface area contributed by atoms with Gasteiger partial charge in [-0.25, -0.2) is 8.78 Å². The van der Waals surface area contributed by atoms with Crippen LogP contribution in [-0.4, -0.2) is 15.6 Å². The lowest BCUT2D eigenvalue weighted by molar-refractivity contribution is 0.104. The fraction of sp³-hybridized carbons (Fsp3) is 0.143. The van der Waals surface area contributed by atoms with Crippen LogP contribution in [0.15, 0.2) is 54.6 Å². The number of hydrogen-bond donors (Lipinski definition) is 0. The topological polar surface area (TPSA) is 34.9 Å². The number of carbonyl (C=O) groups is 1. The molecule has 0 aliphatic carbocycles. The van der Waals surface area contributed by atoms with Crippen molar-refractivity contribution in [3.05, 3.63) is 94.3 Å². The van der Waals surface area contributed by atoms with Crippen LogP contribution in [0.4, 0.5) is 8.78 Å². The molecule has 0 unspecified atom stereocenters. The molecule has 0 radical (unpaired) electrons. The Morgan fingerprint density at radius 3 is 2.35 bits per heavy atom. The van der Waals surface area contributed by atoms with Crippen LogP contribution in [0.3, 0.4) is 0 Å². The van der Waals surface area contributed by atoms with Crippen molar-refractivity contribution in [2.75, 3.05) is 0 Å². The van der Waals surface area contributed by atoms with Gasteiger partial charge in [0.2, 0.25) is 0 Å². The molecule has 0 aliphatic heterocycles. The first kappa shape index (κ1) is 17.7. The predicted molar refractivity (Wildman–Crippen MR) is 97.0 cm³/mol. The number of nitrogens with zero attached hydrogens (tertiary/aromatic N) is 2. The molecule has 1 heterocycles. The van der Waals surface area contributed by atoms with Gasteiger partial charge in [0.1, 0.15) is 11.6 Å². The van der Waals surface area contributed by atoms with Crippen LogP contribution in [0.2, 0.25) is 0 Å². The van der Waals surface area contributed by atoms with E-state index in [4.69, 9.17) is 0 Å². The minimum atomic E-state index is -0.868. The highest BCUT2D eigenvalue weighted by molar-refractivity contribution is 6.07. The molecule has 0 fully saturated rings. The average molecular weight is 352 g/mol. The quantitative estimate of drug-likeness (QED) is 0.492. The van der Waals surface area contributed by atoms with Gasteiger partial charge in [0.05, 0.1) is 17.8 Å². The molecule has 0 spiro atoms. The minimum Gasteiger partial charge on any atom is -0.289 e. The molecule has 132 valence electrons. The number of halogens is 2. The molecular formula is C21H18F2N2O. The van der Waals surface area contributed by atoms with E-state index in [1.165, 1.54) is 12.1 Å². The molecule has 0 bridgehead atoms. The molecule has 0 atom stereocenters. The second kappa shape index (κ2) is 7.44. The molecule has 1 aromatic heterocycles. The molecule has 0 saturated heterocycles. The van der Waals surface area contributed by atoms with E-state index in [0.29, 0.717) is 6.54 Å². The standard InChI is InChI=1S/C21H18F2N2O/c1-14-17(11-12-20(26)21-18(22)9-6-10-19(21)23)15(2)25(24-14)13-16-7-4-3-5-8-16/h3-12H,13H2,1-2H3/b12-11+. The van der Waals surface area contributed by atoms with Crippen molar-refractivity contribution >= 4 is 11.9 Å². The number of aryl methyl sites for hydroxylation is 1. The summed E-state index contributed by atoms with van der Waals surface area (Å²) in [4.78, 5) is 12.2. The lowest BCUT2D eigenvalue weighted by Gasteiger charge is -2.04. The van der Waals surface area contributed by atoms with Gasteiger partial charge >= 0.3 is 0 Å². The Morgan fingerprint density at radius 2 is 1.69 bits per heavy atom. The largest absolute Gasteiger partial charge is 0.289 e. The molecule has 3 aromatic rings. The molecule has 0 aliphatic rings. The van der Waals surface area contributed by atoms with Crippen molar-refractivity contribution in [1.29, 1.82) is 0 Å². The van der Waals surface area contributed by atoms with Gasteiger partial charge in [-0.1, -0.05) is 36.4 Å². The number of hydrogen-bond acceptors (Lipinski definition) is 2. The Labute approximate surface area is 150 Å². The van der Waals surface area contributed by atoms with Crippen molar-refractivity contribution < 1.29 is 13.6 Å². The summed E-state index contributed by atoms with van der Waals surface area (Å²) in [6, 6.07) is 13.3. The summed E-state index contributed by atoms with van der Waals surface area (Å²) >= 11 is 0. The zero-order valence-corrected chi connectivity index (χ0v) is 14.5. The minimum absolute atomic E-state index is 0.546. The summed E-state index contributed by atoms with van der Waals surface area (Å²) in [5.41, 5.74) is 2.96. The zero-order valence-electron chi connectivity index (χ0n) is 14.5. The molecule has 26 heavy (non-hydrogen) atoms. The summed E-state index contributed by atoms with van der Waals surface area (Å²) in [5, 5.41) is 4.50. The van der Waals surface area contributed by atoms with Gasteiger partial charge in [-0.05, 0) is 43.7 Å². The summed E-state index contributed by atoms with van der Waals surface area (Å²) in [6.45, 7) is 4.34. The van der Waals surface area contributed by atoms with E-state index in [-0.39, 0.29) is 0 Å². The van der Waals surface area contributed by atoms with E-state index in [0.717, 1.165) is 34.6 Å². The van der Waals surface area contributed by atoms with E-state index in [2.05, 4.69) is 5.10 Å². The zero-order chi connectivity index (χ0) is 18.7. The van der Waals surface area contributed by atoms with E-state index in [9.17, 15) is 13.6 Å². The monoisotopic (exact) mass is 352 g/mol. The van der Waals surface area contributed by atoms with Crippen LogP contribution in [0.5, 0.6) is 0 Å². The predicted octanol–water partition coefficient (Wildman–Crippen LogP) is 4.72. The van der Waals surface area contributed by atoms with Crippen molar-refractivity contribution in [1.82, 2.24) is 9.78 Å². The molecule has 2 aromatic carbocycles. The molecule has 0 saturated carbocycles. The first-order chi connectivity index (χ1) is 12.5. The Kier molecular flexibility index (Phi) is 5.07. The lowest BCUT2D eigenvalue weighted by atomic mass is 10.1. The van der Waals surface area contributed by atoms with Crippen molar-refractivity contribution in [2.24, 2.45) is 0 Å². The second-order valence-corrected chi connectivity index (χ2v) is 6.02. The van der Waals surface area contributed by atoms with E-state index in [1.54, 1.807) is 6.08 Å². The van der Waals surface area contributed by atoms with E-state index >= 15 is 0 Å². The number of carbonyl (C=O) groups excluding carboxylic acids is 1. The summed E-state index contributed by atoms with van der Waals surface area (Å²) in [5.74, 6) is -2.45. The first-order valence-corrected chi connectivity index (χ1v) is 8.21. The number of rotatable bonds is 5. The van der Waals surface area contributed by atoms with Gasteiger partial charge in [-0.2, -0.15) is 5.10 Å². The van der Waals surface area contributed by atoms with Crippen LogP contribution in [0.25, 0.3) is 6.08 Å². The molecule has 0 amide bonds. The molecule has 0 N–H and O–H groups in total. The highest BCUT2D eigenvalue weighted by Gasteiger charge is 2.15. The maximum absolute atomic E-state index is 13.7. The molecule has 3 rings (SSSR count). The third-order valence-electron chi connectivity index (χ3n) is 4.22. The van der Waals surface area contributed by atoms with Gasteiger partial charge in [0, 0.05) is 11.3 Å². The Morgan fingerprint density at radius 1 is 1.04 bits per heavy atom. The van der Waals surface area contributed by atoms with Crippen LogP contribution in [-0.2, 0) is 6.54 Å². The smallest absolute Gasteiger partial charge is 0.191 e. The number of allylic oxidation sites excluding steroid dienone is 1. The summed E-state index contributed by atoms with van der Waals surface area (Å²) in [7, 11) is 0. The Balaban J connectivity index is 1.86. The summed E-state index contributed by atoms with van der Waals surface area (Å²) in [6.07, 6.45) is 2.75. The molecular weight excluding hydrogens is 334 g/mol. The van der Waals surface area contributed by atoms with Crippen molar-refractivity contribution in [3.63, 3.8) is 0 Å². The Bertz CT molecular complexity index is 955. The normalized spacial score (nSPS) is 11.2. The van der Waals surface area contributed by atoms with Crippen LogP contribution in [0.1, 0.15) is 32.9 Å². The fourth-order valence-electron chi connectivity index (χ4n) is 2.84. The van der Waals surface area contributed by atoms with E-state index < -0.39 is 23.0 Å². The highest BCUT2D eigenvalue weighted by Crippen LogP contribution is 2.18. The fourth-order valence-corrected chi connectivity index (χ4v) is 2.84. The average Bonchev–Trinajstić information content (AvgIpc) is 2.87. The summed E-state index contributed by atoms with van der Waals surface area (Å²) < 4.78 is 29.3. The highest BCUT2D eigenvalue weighted by atomic mass is 19.1. The van der Waals surface area contributed by atoms with E-state index in [1.807, 2.05) is 48.9 Å². The van der Waals surface area contributed by atoms with Gasteiger partial charge in [0.25, 0.3) is 0 Å². The first-order valence-electron chi connectivity index (χ1n) is 8.21. The number of benzene rings is 2. The van der Waals surface area contributed by atoms with Crippen molar-refractivity contribution in [2.45, 2.75) is 20.4 Å². The SMILES string of the molecule is Cc1nn(Cc2ccccc2)c(C)c1/C=C/C(=O)c1c(F)cccc1F. The van der Waals surface area contributed by atoms with Crippen LogP contribution < -0.4 is 0 Å². The Hall–Kier alpha value is -3.08. The van der Waals surface area contributed by atoms with Gasteiger partial charge < -0.3 is 0 Å². The van der Waals surface area contributed by atoms with Crippen LogP contribution >= 0.6 is 0 Å². The lowest BCUT2D eigenvalue weighted by Crippen LogP contribution is -2.04. The third kappa shape index (κ3) is 3.61. The number of aromatic nitrogens is 2. The van der Waals surface area contributed by atoms with Gasteiger partial charge in [0.15, 0.2) is 5.78 Å². The second-order valence-electron chi connectivity index (χ2n) is 6.02. The van der Waals surface area contributed by atoms with Gasteiger partial charge in [-0.3, -0.25) is 9.48 Å².